The molecule has 0 saturated heterocycles. The fourth-order valence-corrected chi connectivity index (χ4v) is 5.91. The molecular formula is C28H32N2O5S. The summed E-state index contributed by atoms with van der Waals surface area (Å²) in [5.41, 5.74) is 4.82. The van der Waals surface area contributed by atoms with Gasteiger partial charge in [-0.25, -0.2) is 8.42 Å². The average molecular weight is 509 g/mol. The minimum Gasteiger partial charge on any atom is -0.497 e. The molecule has 0 spiro atoms. The van der Waals surface area contributed by atoms with Crippen LogP contribution in [0, 0.1) is 6.92 Å². The van der Waals surface area contributed by atoms with E-state index in [2.05, 4.69) is 17.4 Å². The van der Waals surface area contributed by atoms with Crippen LogP contribution in [0.25, 0.3) is 0 Å². The first-order valence-corrected chi connectivity index (χ1v) is 13.4. The van der Waals surface area contributed by atoms with Crippen molar-refractivity contribution >= 4 is 21.6 Å². The van der Waals surface area contributed by atoms with Crippen LogP contribution in [-0.2, 0) is 27.7 Å². The molecule has 4 rings (SSSR count). The number of hydrogen-bond acceptors (Lipinski definition) is 5. The molecule has 0 radical (unpaired) electrons. The Balaban J connectivity index is 1.66. The molecule has 8 heteroatoms. The first-order chi connectivity index (χ1) is 17.2. The van der Waals surface area contributed by atoms with E-state index in [0.717, 1.165) is 34.7 Å². The number of benzene rings is 3. The molecule has 190 valence electrons. The summed E-state index contributed by atoms with van der Waals surface area (Å²) < 4.78 is 39.4. The van der Waals surface area contributed by atoms with Crippen LogP contribution < -0.4 is 19.1 Å². The van der Waals surface area contributed by atoms with Crippen LogP contribution in [0.4, 0.5) is 5.69 Å². The number of nitrogens with zero attached hydrogens (tertiary/aromatic N) is 1. The molecule has 1 atom stereocenters. The quantitative estimate of drug-likeness (QED) is 0.458. The lowest BCUT2D eigenvalue weighted by Crippen LogP contribution is -2.41. The number of sulfonamides is 1. The molecule has 1 aliphatic rings. The van der Waals surface area contributed by atoms with E-state index in [1.807, 2.05) is 19.9 Å². The Hall–Kier alpha value is -3.52. The van der Waals surface area contributed by atoms with Crippen molar-refractivity contribution in [3.63, 3.8) is 0 Å². The monoisotopic (exact) mass is 508 g/mol. The molecule has 0 aliphatic heterocycles. The summed E-state index contributed by atoms with van der Waals surface area (Å²) >= 11 is 0. The fraction of sp³-hybridized carbons (Fsp3) is 0.321. The van der Waals surface area contributed by atoms with Gasteiger partial charge in [0.1, 0.15) is 18.0 Å². The van der Waals surface area contributed by atoms with E-state index in [0.29, 0.717) is 11.5 Å². The second-order valence-electron chi connectivity index (χ2n) is 9.03. The highest BCUT2D eigenvalue weighted by atomic mass is 32.2. The van der Waals surface area contributed by atoms with E-state index >= 15 is 0 Å². The SMILES string of the molecule is COc1ccc(OC)c(N(CC(=O)NC(C)c2ccc3c(c2)CCC3)S(=O)(=O)c2ccc(C)cc2)c1. The van der Waals surface area contributed by atoms with Crippen LogP contribution >= 0.6 is 0 Å². The van der Waals surface area contributed by atoms with Crippen LogP contribution in [0.2, 0.25) is 0 Å². The van der Waals surface area contributed by atoms with Gasteiger partial charge in [-0.2, -0.15) is 0 Å². The minimum atomic E-state index is -4.10. The number of carbonyl (C=O) groups excluding carboxylic acids is 1. The normalized spacial score (nSPS) is 13.6. The lowest BCUT2D eigenvalue weighted by Gasteiger charge is -2.27. The van der Waals surface area contributed by atoms with Gasteiger partial charge in [0.25, 0.3) is 10.0 Å². The second kappa shape index (κ2) is 10.6. The number of hydrogen-bond donors (Lipinski definition) is 1. The van der Waals surface area contributed by atoms with Crippen LogP contribution in [0.1, 0.15) is 41.6 Å². The molecule has 1 N–H and O–H groups in total. The number of nitrogens with one attached hydrogen (secondary N) is 1. The molecular weight excluding hydrogens is 476 g/mol. The molecule has 0 aromatic heterocycles. The number of aryl methyl sites for hydroxylation is 3. The zero-order valence-electron chi connectivity index (χ0n) is 21.1. The van der Waals surface area contributed by atoms with Crippen LogP contribution in [0.15, 0.2) is 65.6 Å². The molecule has 3 aromatic carbocycles. The topological polar surface area (TPSA) is 84.9 Å². The van der Waals surface area contributed by atoms with E-state index in [1.165, 1.54) is 37.5 Å². The Morgan fingerprint density at radius 2 is 1.69 bits per heavy atom. The Kier molecular flexibility index (Phi) is 7.54. The van der Waals surface area contributed by atoms with E-state index in [4.69, 9.17) is 9.47 Å². The highest BCUT2D eigenvalue weighted by Crippen LogP contribution is 2.36. The summed E-state index contributed by atoms with van der Waals surface area (Å²) in [4.78, 5) is 13.3. The number of methoxy groups -OCH3 is 2. The van der Waals surface area contributed by atoms with Gasteiger partial charge in [-0.1, -0.05) is 35.9 Å². The molecule has 7 nitrogen and oxygen atoms in total. The second-order valence-corrected chi connectivity index (χ2v) is 10.9. The van der Waals surface area contributed by atoms with Crippen LogP contribution in [-0.4, -0.2) is 35.1 Å². The molecule has 0 bridgehead atoms. The predicted molar refractivity (Wildman–Crippen MR) is 140 cm³/mol. The van der Waals surface area contributed by atoms with Crippen molar-refractivity contribution in [3.8, 4) is 11.5 Å². The number of amides is 1. The number of fused-ring (bicyclic) bond motifs is 1. The highest BCUT2D eigenvalue weighted by Gasteiger charge is 2.30. The number of anilines is 1. The Morgan fingerprint density at radius 3 is 2.39 bits per heavy atom. The standard InChI is InChI=1S/C28H32N2O5S/c1-19-8-13-25(14-9-19)36(32,33)30(26-17-24(34-3)12-15-27(26)35-4)18-28(31)29-20(2)22-11-10-21-6-5-7-23(21)16-22/h8-17,20H,5-7,18H2,1-4H3,(H,29,31). The number of rotatable bonds is 9. The summed E-state index contributed by atoms with van der Waals surface area (Å²) in [5.74, 6) is 0.330. The Bertz CT molecular complexity index is 1350. The van der Waals surface area contributed by atoms with Crippen molar-refractivity contribution in [1.82, 2.24) is 5.32 Å². The van der Waals surface area contributed by atoms with Gasteiger partial charge < -0.3 is 14.8 Å². The van der Waals surface area contributed by atoms with E-state index < -0.39 is 22.5 Å². The van der Waals surface area contributed by atoms with Crippen molar-refractivity contribution in [3.05, 3.63) is 82.9 Å². The number of carbonyl (C=O) groups is 1. The van der Waals surface area contributed by atoms with Gasteiger partial charge >= 0.3 is 0 Å². The summed E-state index contributed by atoms with van der Waals surface area (Å²) in [6, 6.07) is 17.4. The smallest absolute Gasteiger partial charge is 0.264 e. The maximum absolute atomic E-state index is 13.8. The fourth-order valence-electron chi connectivity index (χ4n) is 4.49. The van der Waals surface area contributed by atoms with Crippen LogP contribution in [0.3, 0.4) is 0 Å². The molecule has 1 unspecified atom stereocenters. The lowest BCUT2D eigenvalue weighted by molar-refractivity contribution is -0.120. The Labute approximate surface area is 213 Å². The third-order valence-electron chi connectivity index (χ3n) is 6.55. The summed E-state index contributed by atoms with van der Waals surface area (Å²) in [6.07, 6.45) is 3.28. The summed E-state index contributed by atoms with van der Waals surface area (Å²) in [5, 5.41) is 2.97. The van der Waals surface area contributed by atoms with Gasteiger partial charge in [0, 0.05) is 6.07 Å². The van der Waals surface area contributed by atoms with E-state index in [-0.39, 0.29) is 16.6 Å². The maximum atomic E-state index is 13.8. The summed E-state index contributed by atoms with van der Waals surface area (Å²) in [7, 11) is -1.14. The van der Waals surface area contributed by atoms with Crippen molar-refractivity contribution < 1.29 is 22.7 Å². The van der Waals surface area contributed by atoms with E-state index in [9.17, 15) is 13.2 Å². The van der Waals surface area contributed by atoms with Gasteiger partial charge in [-0.3, -0.25) is 9.10 Å². The van der Waals surface area contributed by atoms with Gasteiger partial charge in [0.15, 0.2) is 0 Å². The zero-order valence-corrected chi connectivity index (χ0v) is 21.9. The molecule has 36 heavy (non-hydrogen) atoms. The van der Waals surface area contributed by atoms with Crippen molar-refractivity contribution in [1.29, 1.82) is 0 Å². The molecule has 0 fully saturated rings. The molecule has 0 heterocycles. The largest absolute Gasteiger partial charge is 0.497 e. The first kappa shape index (κ1) is 25.6. The molecule has 3 aromatic rings. The van der Waals surface area contributed by atoms with Gasteiger partial charge in [0.2, 0.25) is 5.91 Å². The number of ether oxygens (including phenoxy) is 2. The van der Waals surface area contributed by atoms with Gasteiger partial charge in [-0.05, 0) is 74.1 Å². The molecule has 1 amide bonds. The highest BCUT2D eigenvalue weighted by molar-refractivity contribution is 7.92. The predicted octanol–water partition coefficient (Wildman–Crippen LogP) is 4.57. The third-order valence-corrected chi connectivity index (χ3v) is 8.32. The average Bonchev–Trinajstić information content (AvgIpc) is 3.35. The summed E-state index contributed by atoms with van der Waals surface area (Å²) in [6.45, 7) is 3.36. The Morgan fingerprint density at radius 1 is 0.972 bits per heavy atom. The zero-order chi connectivity index (χ0) is 25.9. The third kappa shape index (κ3) is 5.33. The maximum Gasteiger partial charge on any atom is 0.264 e. The van der Waals surface area contributed by atoms with Crippen molar-refractivity contribution in [2.24, 2.45) is 0 Å². The van der Waals surface area contributed by atoms with E-state index in [1.54, 1.807) is 30.3 Å². The lowest BCUT2D eigenvalue weighted by atomic mass is 10.0. The first-order valence-electron chi connectivity index (χ1n) is 12.0. The van der Waals surface area contributed by atoms with Gasteiger partial charge in [-0.15, -0.1) is 0 Å². The minimum absolute atomic E-state index is 0.0810. The molecule has 0 saturated carbocycles. The van der Waals surface area contributed by atoms with Crippen LogP contribution in [0.5, 0.6) is 11.5 Å². The van der Waals surface area contributed by atoms with Crippen molar-refractivity contribution in [2.75, 3.05) is 25.1 Å². The molecule has 1 aliphatic carbocycles. The van der Waals surface area contributed by atoms with Gasteiger partial charge in [0.05, 0.1) is 30.8 Å². The van der Waals surface area contributed by atoms with Crippen molar-refractivity contribution in [2.45, 2.75) is 44.0 Å².